The van der Waals surface area contributed by atoms with E-state index in [-0.39, 0.29) is 0 Å². The van der Waals surface area contributed by atoms with E-state index in [0.29, 0.717) is 47.3 Å². The molecule has 5 rings (SSSR count). The first-order chi connectivity index (χ1) is 14.1. The molecule has 1 aliphatic heterocycles. The lowest BCUT2D eigenvalue weighted by atomic mass is 10.1. The number of para-hydroxylation sites is 1. The molecule has 1 aromatic heterocycles. The van der Waals surface area contributed by atoms with E-state index >= 15 is 0 Å². The summed E-state index contributed by atoms with van der Waals surface area (Å²) in [6.07, 6.45) is 2.08. The molecule has 3 aromatic rings. The molecule has 0 bridgehead atoms. The van der Waals surface area contributed by atoms with E-state index in [1.807, 2.05) is 18.2 Å². The smallest absolute Gasteiger partial charge is 0.300 e. The van der Waals surface area contributed by atoms with Crippen LogP contribution in [0.15, 0.2) is 52.9 Å². The zero-order valence-corrected chi connectivity index (χ0v) is 16.2. The summed E-state index contributed by atoms with van der Waals surface area (Å²) in [5.74, 6) is -0.0679. The summed E-state index contributed by atoms with van der Waals surface area (Å²) < 4.78 is 5.82. The normalized spacial score (nSPS) is 16.0. The molecule has 0 spiro atoms. The van der Waals surface area contributed by atoms with E-state index in [0.717, 1.165) is 18.4 Å². The third-order valence-corrected chi connectivity index (χ3v) is 5.41. The van der Waals surface area contributed by atoms with Crippen LogP contribution in [0.5, 0.6) is 0 Å². The van der Waals surface area contributed by atoms with Gasteiger partial charge in [0.05, 0.1) is 24.5 Å². The van der Waals surface area contributed by atoms with Crippen molar-refractivity contribution < 1.29 is 14.0 Å². The first-order valence-electron chi connectivity index (χ1n) is 9.38. The average Bonchev–Trinajstić information content (AvgIpc) is 3.44. The van der Waals surface area contributed by atoms with Gasteiger partial charge in [0.2, 0.25) is 11.8 Å². The van der Waals surface area contributed by atoms with Gasteiger partial charge in [-0.2, -0.15) is 0 Å². The number of rotatable bonds is 6. The van der Waals surface area contributed by atoms with Gasteiger partial charge in [0.1, 0.15) is 0 Å². The molecule has 1 saturated carbocycles. The summed E-state index contributed by atoms with van der Waals surface area (Å²) in [7, 11) is 0. The number of amides is 1. The van der Waals surface area contributed by atoms with E-state index in [9.17, 15) is 9.59 Å². The highest BCUT2D eigenvalue weighted by Crippen LogP contribution is 2.33. The summed E-state index contributed by atoms with van der Waals surface area (Å²) in [5, 5.41) is 8.92. The standard InChI is InChI=1S/C21H17ClN4O3/c22-14-7-5-13(6-8-14)20-24-23-18(29-20)11-25(15-9-10-15)12-26-17-4-2-1-3-16(17)19(27)21(26)28/h1-8,15H,9-12H2. The molecule has 0 N–H and O–H groups in total. The van der Waals surface area contributed by atoms with Crippen molar-refractivity contribution in [1.29, 1.82) is 0 Å². The van der Waals surface area contributed by atoms with Gasteiger partial charge in [-0.25, -0.2) is 0 Å². The first kappa shape index (κ1) is 18.0. The van der Waals surface area contributed by atoms with Crippen molar-refractivity contribution in [3.8, 4) is 11.5 Å². The molecule has 1 fully saturated rings. The van der Waals surface area contributed by atoms with Crippen LogP contribution in [0.4, 0.5) is 5.69 Å². The second-order valence-corrected chi connectivity index (χ2v) is 7.64. The highest BCUT2D eigenvalue weighted by molar-refractivity contribution is 6.52. The van der Waals surface area contributed by atoms with Gasteiger partial charge in [-0.05, 0) is 49.2 Å². The molecule has 2 heterocycles. The predicted octanol–water partition coefficient (Wildman–Crippen LogP) is 3.54. The fourth-order valence-electron chi connectivity index (χ4n) is 3.50. The number of ketones is 1. The van der Waals surface area contributed by atoms with Crippen LogP contribution in [0, 0.1) is 0 Å². The van der Waals surface area contributed by atoms with Crippen LogP contribution in [-0.2, 0) is 11.3 Å². The largest absolute Gasteiger partial charge is 0.419 e. The van der Waals surface area contributed by atoms with Gasteiger partial charge in [-0.1, -0.05) is 23.7 Å². The minimum absolute atomic E-state index is 0.310. The highest BCUT2D eigenvalue weighted by atomic mass is 35.5. The fourth-order valence-corrected chi connectivity index (χ4v) is 3.63. The number of carbonyl (C=O) groups excluding carboxylic acids is 2. The minimum atomic E-state index is -0.496. The Kier molecular flexibility index (Phi) is 4.41. The van der Waals surface area contributed by atoms with Crippen molar-refractivity contribution in [1.82, 2.24) is 15.1 Å². The van der Waals surface area contributed by atoms with Crippen LogP contribution >= 0.6 is 11.6 Å². The van der Waals surface area contributed by atoms with Crippen LogP contribution in [0.3, 0.4) is 0 Å². The molecule has 146 valence electrons. The second kappa shape index (κ2) is 7.09. The van der Waals surface area contributed by atoms with Crippen LogP contribution in [0.1, 0.15) is 29.1 Å². The third kappa shape index (κ3) is 3.43. The molecule has 0 radical (unpaired) electrons. The number of nitrogens with zero attached hydrogens (tertiary/aromatic N) is 4. The lowest BCUT2D eigenvalue weighted by Gasteiger charge is -2.26. The van der Waals surface area contributed by atoms with Crippen molar-refractivity contribution in [2.75, 3.05) is 11.6 Å². The Morgan fingerprint density at radius 3 is 2.59 bits per heavy atom. The number of hydrogen-bond donors (Lipinski definition) is 0. The van der Waals surface area contributed by atoms with Crippen molar-refractivity contribution in [2.24, 2.45) is 0 Å². The predicted molar refractivity (Wildman–Crippen MR) is 106 cm³/mol. The number of fused-ring (bicyclic) bond motifs is 1. The van der Waals surface area contributed by atoms with Gasteiger partial charge in [-0.3, -0.25) is 19.4 Å². The van der Waals surface area contributed by atoms with E-state index in [1.165, 1.54) is 4.90 Å². The monoisotopic (exact) mass is 408 g/mol. The Bertz CT molecular complexity index is 1090. The first-order valence-corrected chi connectivity index (χ1v) is 9.75. The number of halogens is 1. The van der Waals surface area contributed by atoms with Gasteiger partial charge in [0.25, 0.3) is 5.78 Å². The van der Waals surface area contributed by atoms with Crippen LogP contribution in [0.25, 0.3) is 11.5 Å². The van der Waals surface area contributed by atoms with Crippen molar-refractivity contribution in [3.63, 3.8) is 0 Å². The van der Waals surface area contributed by atoms with Gasteiger partial charge < -0.3 is 4.42 Å². The highest BCUT2D eigenvalue weighted by Gasteiger charge is 2.39. The van der Waals surface area contributed by atoms with Gasteiger partial charge in [0, 0.05) is 16.6 Å². The molecule has 8 heteroatoms. The maximum Gasteiger partial charge on any atom is 0.300 e. The summed E-state index contributed by atoms with van der Waals surface area (Å²) in [5.41, 5.74) is 1.90. The minimum Gasteiger partial charge on any atom is -0.419 e. The van der Waals surface area contributed by atoms with E-state index in [2.05, 4.69) is 15.1 Å². The Morgan fingerprint density at radius 1 is 1.07 bits per heavy atom. The fraction of sp³-hybridized carbons (Fsp3) is 0.238. The number of hydrogen-bond acceptors (Lipinski definition) is 6. The molecule has 1 aliphatic carbocycles. The topological polar surface area (TPSA) is 79.5 Å². The van der Waals surface area contributed by atoms with Gasteiger partial charge in [-0.15, -0.1) is 10.2 Å². The van der Waals surface area contributed by atoms with Crippen LogP contribution in [0.2, 0.25) is 5.02 Å². The molecule has 0 unspecified atom stereocenters. The average molecular weight is 409 g/mol. The zero-order chi connectivity index (χ0) is 20.0. The second-order valence-electron chi connectivity index (χ2n) is 7.21. The summed E-state index contributed by atoms with van der Waals surface area (Å²) in [6, 6.07) is 14.6. The maximum absolute atomic E-state index is 12.5. The number of anilines is 1. The third-order valence-electron chi connectivity index (χ3n) is 5.16. The Balaban J connectivity index is 1.35. The Morgan fingerprint density at radius 2 is 1.83 bits per heavy atom. The van der Waals surface area contributed by atoms with Crippen LogP contribution in [-0.4, -0.2) is 39.5 Å². The quantitative estimate of drug-likeness (QED) is 0.580. The van der Waals surface area contributed by atoms with Crippen molar-refractivity contribution >= 4 is 29.0 Å². The zero-order valence-electron chi connectivity index (χ0n) is 15.4. The van der Waals surface area contributed by atoms with Gasteiger partial charge in [0.15, 0.2) is 0 Å². The van der Waals surface area contributed by atoms with E-state index < -0.39 is 11.7 Å². The molecule has 0 saturated heterocycles. The number of carbonyl (C=O) groups is 2. The molecular formula is C21H17ClN4O3. The van der Waals surface area contributed by atoms with Gasteiger partial charge >= 0.3 is 5.91 Å². The molecule has 2 aliphatic rings. The lowest BCUT2D eigenvalue weighted by molar-refractivity contribution is -0.114. The molecule has 1 amide bonds. The summed E-state index contributed by atoms with van der Waals surface area (Å²) in [6.45, 7) is 0.719. The Hall–Kier alpha value is -3.03. The molecule has 2 aromatic carbocycles. The van der Waals surface area contributed by atoms with Crippen molar-refractivity contribution in [2.45, 2.75) is 25.4 Å². The molecule has 7 nitrogen and oxygen atoms in total. The maximum atomic E-state index is 12.5. The summed E-state index contributed by atoms with van der Waals surface area (Å²) in [4.78, 5) is 28.4. The summed E-state index contributed by atoms with van der Waals surface area (Å²) >= 11 is 5.92. The van der Waals surface area contributed by atoms with Crippen molar-refractivity contribution in [3.05, 3.63) is 65.0 Å². The molecular weight excluding hydrogens is 392 g/mol. The SMILES string of the molecule is O=C1C(=O)N(CN(Cc2nnc(-c3ccc(Cl)cc3)o2)C2CC2)c2ccccc21. The number of Topliss-reactive ketones (excluding diaryl/α,β-unsaturated/α-hetero) is 1. The van der Waals surface area contributed by atoms with Crippen LogP contribution < -0.4 is 4.90 Å². The van der Waals surface area contributed by atoms with E-state index in [1.54, 1.807) is 30.3 Å². The van der Waals surface area contributed by atoms with E-state index in [4.69, 9.17) is 16.0 Å². The molecule has 29 heavy (non-hydrogen) atoms. The number of benzene rings is 2. The lowest BCUT2D eigenvalue weighted by Crippen LogP contribution is -2.41. The Labute approximate surface area is 171 Å². The molecule has 0 atom stereocenters. The number of aromatic nitrogens is 2.